The maximum absolute atomic E-state index is 11.8. The maximum Gasteiger partial charge on any atom is 0.304 e. The zero-order valence-electron chi connectivity index (χ0n) is 9.67. The highest BCUT2D eigenvalue weighted by Gasteiger charge is 2.14. The predicted octanol–water partition coefficient (Wildman–Crippen LogP) is 1.39. The largest absolute Gasteiger partial charge is 0.481 e. The molecule has 0 unspecified atom stereocenters. The van der Waals surface area contributed by atoms with E-state index in [-0.39, 0.29) is 34.6 Å². The van der Waals surface area contributed by atoms with E-state index >= 15 is 0 Å². The molecule has 7 heteroatoms. The minimum absolute atomic E-state index is 0.0911. The molecule has 1 aromatic rings. The average Bonchev–Trinajstić information content (AvgIpc) is 2.28. The molecule has 0 radical (unpaired) electrons. The van der Waals surface area contributed by atoms with Crippen molar-refractivity contribution in [3.8, 4) is 0 Å². The van der Waals surface area contributed by atoms with E-state index in [1.807, 2.05) is 0 Å². The van der Waals surface area contributed by atoms with Gasteiger partial charge in [-0.1, -0.05) is 11.8 Å². The molecule has 6 nitrogen and oxygen atoms in total. The summed E-state index contributed by atoms with van der Waals surface area (Å²) in [5.74, 6) is -0.901. The number of hydrogen-bond acceptors (Lipinski definition) is 5. The van der Waals surface area contributed by atoms with Crippen LogP contribution in [0.15, 0.2) is 18.3 Å². The van der Waals surface area contributed by atoms with Crippen LogP contribution >= 0.6 is 11.8 Å². The van der Waals surface area contributed by atoms with E-state index in [2.05, 4.69) is 10.3 Å². The Morgan fingerprint density at radius 1 is 1.44 bits per heavy atom. The van der Waals surface area contributed by atoms with Gasteiger partial charge < -0.3 is 10.4 Å². The van der Waals surface area contributed by atoms with E-state index in [1.54, 1.807) is 6.07 Å². The molecule has 0 aliphatic rings. The van der Waals surface area contributed by atoms with E-state index in [1.165, 1.54) is 19.2 Å². The van der Waals surface area contributed by atoms with Gasteiger partial charge >= 0.3 is 5.97 Å². The van der Waals surface area contributed by atoms with Gasteiger partial charge in [-0.25, -0.2) is 4.98 Å². The third kappa shape index (κ3) is 4.54. The zero-order valence-corrected chi connectivity index (χ0v) is 10.5. The number of carbonyl (C=O) groups excluding carboxylic acids is 2. The van der Waals surface area contributed by atoms with Gasteiger partial charge in [-0.15, -0.1) is 0 Å². The van der Waals surface area contributed by atoms with Gasteiger partial charge in [-0.05, 0) is 12.1 Å². The van der Waals surface area contributed by atoms with Crippen molar-refractivity contribution in [2.24, 2.45) is 0 Å². The fourth-order valence-electron chi connectivity index (χ4n) is 1.15. The lowest BCUT2D eigenvalue weighted by Crippen LogP contribution is -2.11. The number of nitrogens with zero attached hydrogens (tertiary/aromatic N) is 1. The summed E-state index contributed by atoms with van der Waals surface area (Å²) in [5, 5.41) is 10.6. The monoisotopic (exact) mass is 268 g/mol. The van der Waals surface area contributed by atoms with E-state index in [0.29, 0.717) is 0 Å². The number of hydrogen-bond donors (Lipinski definition) is 2. The van der Waals surface area contributed by atoms with Crippen LogP contribution in [0.2, 0.25) is 0 Å². The third-order valence-corrected chi connectivity index (χ3v) is 2.76. The summed E-state index contributed by atoms with van der Waals surface area (Å²) in [6, 6.07) is 3.12. The van der Waals surface area contributed by atoms with Crippen LogP contribution < -0.4 is 5.32 Å². The van der Waals surface area contributed by atoms with Gasteiger partial charge in [0.1, 0.15) is 5.82 Å². The summed E-state index contributed by atoms with van der Waals surface area (Å²) in [5.41, 5.74) is 0.267. The Bertz CT molecular complexity index is 476. The number of carboxylic acid groups (broad SMARTS) is 1. The summed E-state index contributed by atoms with van der Waals surface area (Å²) in [4.78, 5) is 37.0. The number of pyridine rings is 1. The maximum atomic E-state index is 11.8. The Morgan fingerprint density at radius 3 is 2.78 bits per heavy atom. The van der Waals surface area contributed by atoms with Crippen molar-refractivity contribution in [2.75, 3.05) is 11.1 Å². The average molecular weight is 268 g/mol. The van der Waals surface area contributed by atoms with Crippen LogP contribution in [0, 0.1) is 0 Å². The number of aromatic nitrogens is 1. The second-order valence-corrected chi connectivity index (χ2v) is 4.43. The fraction of sp³-hybridized carbons (Fsp3) is 0.273. The number of nitrogens with one attached hydrogen (secondary N) is 1. The Hall–Kier alpha value is -1.89. The zero-order chi connectivity index (χ0) is 13.5. The van der Waals surface area contributed by atoms with Gasteiger partial charge in [-0.3, -0.25) is 14.4 Å². The van der Waals surface area contributed by atoms with Crippen molar-refractivity contribution >= 4 is 34.6 Å². The molecule has 0 atom stereocenters. The van der Waals surface area contributed by atoms with Crippen molar-refractivity contribution in [2.45, 2.75) is 13.3 Å². The molecular weight excluding hydrogens is 256 g/mol. The van der Waals surface area contributed by atoms with Crippen molar-refractivity contribution in [3.05, 3.63) is 23.9 Å². The molecule has 0 saturated carbocycles. The number of rotatable bonds is 5. The smallest absolute Gasteiger partial charge is 0.304 e. The third-order valence-electron chi connectivity index (χ3n) is 1.87. The van der Waals surface area contributed by atoms with E-state index in [4.69, 9.17) is 5.11 Å². The van der Waals surface area contributed by atoms with Gasteiger partial charge in [0.15, 0.2) is 0 Å². The van der Waals surface area contributed by atoms with Gasteiger partial charge in [-0.2, -0.15) is 0 Å². The first-order valence-corrected chi connectivity index (χ1v) is 6.11. The van der Waals surface area contributed by atoms with Crippen molar-refractivity contribution in [1.82, 2.24) is 4.98 Å². The van der Waals surface area contributed by atoms with Gasteiger partial charge in [0.25, 0.3) is 0 Å². The first-order chi connectivity index (χ1) is 8.50. The molecule has 0 bridgehead atoms. The highest BCUT2D eigenvalue weighted by atomic mass is 32.2. The summed E-state index contributed by atoms with van der Waals surface area (Å²) in [7, 11) is 0. The van der Waals surface area contributed by atoms with Gasteiger partial charge in [0.05, 0.1) is 12.0 Å². The Kier molecular flexibility index (Phi) is 5.31. The molecule has 2 N–H and O–H groups in total. The molecule has 0 fully saturated rings. The highest BCUT2D eigenvalue weighted by molar-refractivity contribution is 8.14. The molecule has 0 aliphatic carbocycles. The number of anilines is 1. The lowest BCUT2D eigenvalue weighted by Gasteiger charge is -2.06. The second-order valence-electron chi connectivity index (χ2n) is 3.36. The molecule has 0 aliphatic heterocycles. The predicted molar refractivity (Wildman–Crippen MR) is 67.6 cm³/mol. The molecule has 1 amide bonds. The van der Waals surface area contributed by atoms with Crippen LogP contribution in [-0.2, 0) is 9.59 Å². The van der Waals surface area contributed by atoms with Crippen LogP contribution in [0.3, 0.4) is 0 Å². The number of amides is 1. The fourth-order valence-corrected chi connectivity index (χ4v) is 1.93. The Labute approximate surface area is 108 Å². The van der Waals surface area contributed by atoms with Crippen LogP contribution in [-0.4, -0.2) is 32.8 Å². The summed E-state index contributed by atoms with van der Waals surface area (Å²) >= 11 is 0.888. The lowest BCUT2D eigenvalue weighted by molar-refractivity contribution is -0.136. The second kappa shape index (κ2) is 6.75. The standard InChI is InChI=1S/C11H12N2O4S/c1-7(14)13-10-8(3-2-5-12-10)11(17)18-6-4-9(15)16/h2-3,5H,4,6H2,1H3,(H,15,16)(H,12,13,14). The summed E-state index contributed by atoms with van der Waals surface area (Å²) in [6.45, 7) is 1.32. The van der Waals surface area contributed by atoms with Crippen LogP contribution in [0.1, 0.15) is 23.7 Å². The minimum Gasteiger partial charge on any atom is -0.481 e. The first kappa shape index (κ1) is 14.2. The van der Waals surface area contributed by atoms with Crippen molar-refractivity contribution < 1.29 is 19.5 Å². The molecule has 1 aromatic heterocycles. The number of carboxylic acids is 1. The summed E-state index contributed by atoms with van der Waals surface area (Å²) in [6.07, 6.45) is 1.37. The molecule has 18 heavy (non-hydrogen) atoms. The molecule has 96 valence electrons. The molecular formula is C11H12N2O4S. The Morgan fingerprint density at radius 2 is 2.17 bits per heavy atom. The molecule has 1 heterocycles. The number of thioether (sulfide) groups is 1. The lowest BCUT2D eigenvalue weighted by atomic mass is 10.3. The van der Waals surface area contributed by atoms with Crippen LogP contribution in [0.25, 0.3) is 0 Å². The topological polar surface area (TPSA) is 96.4 Å². The number of carbonyl (C=O) groups is 3. The van der Waals surface area contributed by atoms with E-state index in [0.717, 1.165) is 11.8 Å². The molecule has 1 rings (SSSR count). The van der Waals surface area contributed by atoms with E-state index < -0.39 is 5.97 Å². The minimum atomic E-state index is -0.955. The van der Waals surface area contributed by atoms with Gasteiger partial charge in [0.2, 0.25) is 11.0 Å². The van der Waals surface area contributed by atoms with Crippen LogP contribution in [0.5, 0.6) is 0 Å². The van der Waals surface area contributed by atoms with Crippen molar-refractivity contribution in [3.63, 3.8) is 0 Å². The molecule has 0 spiro atoms. The van der Waals surface area contributed by atoms with Gasteiger partial charge in [0, 0.05) is 18.9 Å². The van der Waals surface area contributed by atoms with Crippen molar-refractivity contribution in [1.29, 1.82) is 0 Å². The molecule has 0 aromatic carbocycles. The SMILES string of the molecule is CC(=O)Nc1ncccc1C(=O)SCCC(=O)O. The Balaban J connectivity index is 2.72. The van der Waals surface area contributed by atoms with Crippen LogP contribution in [0.4, 0.5) is 5.82 Å². The summed E-state index contributed by atoms with van der Waals surface area (Å²) < 4.78 is 0. The first-order valence-electron chi connectivity index (χ1n) is 5.12. The number of aliphatic carboxylic acids is 1. The quantitative estimate of drug-likeness (QED) is 0.837. The van der Waals surface area contributed by atoms with E-state index in [9.17, 15) is 14.4 Å². The molecule has 0 saturated heterocycles. The highest BCUT2D eigenvalue weighted by Crippen LogP contribution is 2.19. The normalized spacial score (nSPS) is 9.83.